The van der Waals surface area contributed by atoms with Crippen LogP contribution in [0, 0.1) is 0 Å². The quantitative estimate of drug-likeness (QED) is 0.722. The topological polar surface area (TPSA) is 71.2 Å². The highest BCUT2D eigenvalue weighted by molar-refractivity contribution is 6.30. The summed E-state index contributed by atoms with van der Waals surface area (Å²) in [5.41, 5.74) is 1.92. The molecule has 0 bridgehead atoms. The van der Waals surface area contributed by atoms with Gasteiger partial charge in [-0.1, -0.05) is 48.0 Å². The third kappa shape index (κ3) is 3.95. The number of rotatable bonds is 5. The van der Waals surface area contributed by atoms with Gasteiger partial charge < -0.3 is 15.0 Å². The Balaban J connectivity index is 1.75. The number of methoxy groups -OCH3 is 1. The third-order valence-corrected chi connectivity index (χ3v) is 4.16. The first kappa shape index (κ1) is 17.8. The van der Waals surface area contributed by atoms with Crippen LogP contribution in [0.4, 0.5) is 0 Å². The minimum Gasteiger partial charge on any atom is -0.496 e. The fraction of sp³-hybridized carbons (Fsp3) is 0.100. The molecule has 0 fully saturated rings. The molecule has 0 aliphatic carbocycles. The maximum Gasteiger partial charge on any atom is 0.261 e. The SMILES string of the molecule is COc1cc(Cl)ccc1CNC(=O)c1ccc(-c2ccccc2)[nH]c1=O. The van der Waals surface area contributed by atoms with Crippen molar-refractivity contribution in [1.82, 2.24) is 10.3 Å². The van der Waals surface area contributed by atoms with Crippen LogP contribution in [0.3, 0.4) is 0 Å². The van der Waals surface area contributed by atoms with Crippen molar-refractivity contribution < 1.29 is 9.53 Å². The van der Waals surface area contributed by atoms with Crippen molar-refractivity contribution in [3.63, 3.8) is 0 Å². The van der Waals surface area contributed by atoms with E-state index in [0.29, 0.717) is 16.5 Å². The Hall–Kier alpha value is -3.05. The molecule has 6 heteroatoms. The number of carbonyl (C=O) groups is 1. The minimum atomic E-state index is -0.456. The molecule has 3 aromatic rings. The predicted molar refractivity (Wildman–Crippen MR) is 102 cm³/mol. The molecule has 0 aliphatic heterocycles. The summed E-state index contributed by atoms with van der Waals surface area (Å²) in [5, 5.41) is 3.27. The van der Waals surface area contributed by atoms with Gasteiger partial charge in [-0.05, 0) is 29.8 Å². The number of aromatic nitrogens is 1. The molecule has 0 aliphatic rings. The fourth-order valence-electron chi connectivity index (χ4n) is 2.57. The monoisotopic (exact) mass is 368 g/mol. The molecule has 132 valence electrons. The van der Waals surface area contributed by atoms with Gasteiger partial charge in [-0.2, -0.15) is 0 Å². The summed E-state index contributed by atoms with van der Waals surface area (Å²) in [6.07, 6.45) is 0. The molecule has 2 aromatic carbocycles. The number of H-pyrrole nitrogens is 1. The number of aromatic amines is 1. The van der Waals surface area contributed by atoms with E-state index in [2.05, 4.69) is 10.3 Å². The van der Waals surface area contributed by atoms with Crippen molar-refractivity contribution in [3.8, 4) is 17.0 Å². The van der Waals surface area contributed by atoms with Crippen LogP contribution < -0.4 is 15.6 Å². The van der Waals surface area contributed by atoms with Crippen LogP contribution in [0.1, 0.15) is 15.9 Å². The first-order valence-corrected chi connectivity index (χ1v) is 8.35. The Morgan fingerprint density at radius 3 is 2.58 bits per heavy atom. The molecule has 2 N–H and O–H groups in total. The van der Waals surface area contributed by atoms with Crippen LogP contribution in [0.2, 0.25) is 5.02 Å². The van der Waals surface area contributed by atoms with Gasteiger partial charge >= 0.3 is 0 Å². The average molecular weight is 369 g/mol. The molecule has 0 atom stereocenters. The second kappa shape index (κ2) is 7.89. The highest BCUT2D eigenvalue weighted by Crippen LogP contribution is 2.23. The summed E-state index contributed by atoms with van der Waals surface area (Å²) < 4.78 is 5.25. The molecule has 0 radical (unpaired) electrons. The number of amides is 1. The van der Waals surface area contributed by atoms with E-state index in [1.54, 1.807) is 24.3 Å². The van der Waals surface area contributed by atoms with E-state index in [1.807, 2.05) is 30.3 Å². The lowest BCUT2D eigenvalue weighted by molar-refractivity contribution is 0.0949. The van der Waals surface area contributed by atoms with Gasteiger partial charge in [0.1, 0.15) is 11.3 Å². The first-order chi connectivity index (χ1) is 12.6. The van der Waals surface area contributed by atoms with E-state index in [9.17, 15) is 9.59 Å². The van der Waals surface area contributed by atoms with E-state index in [0.717, 1.165) is 11.1 Å². The van der Waals surface area contributed by atoms with Gasteiger partial charge in [-0.25, -0.2) is 0 Å². The number of hydrogen-bond acceptors (Lipinski definition) is 3. The molecular formula is C20H17ClN2O3. The number of ether oxygens (including phenoxy) is 1. The maximum absolute atomic E-state index is 12.4. The van der Waals surface area contributed by atoms with E-state index < -0.39 is 11.5 Å². The van der Waals surface area contributed by atoms with E-state index in [1.165, 1.54) is 13.2 Å². The summed E-state index contributed by atoms with van der Waals surface area (Å²) in [7, 11) is 1.53. The van der Waals surface area contributed by atoms with Gasteiger partial charge in [-0.15, -0.1) is 0 Å². The molecule has 1 amide bonds. The second-order valence-electron chi connectivity index (χ2n) is 5.62. The van der Waals surface area contributed by atoms with Crippen LogP contribution in [0.5, 0.6) is 5.75 Å². The Labute approximate surface area is 155 Å². The zero-order valence-corrected chi connectivity index (χ0v) is 14.8. The van der Waals surface area contributed by atoms with E-state index in [-0.39, 0.29) is 12.1 Å². The Morgan fingerprint density at radius 2 is 1.88 bits per heavy atom. The largest absolute Gasteiger partial charge is 0.496 e. The molecular weight excluding hydrogens is 352 g/mol. The molecule has 26 heavy (non-hydrogen) atoms. The molecule has 1 heterocycles. The van der Waals surface area contributed by atoms with Crippen molar-refractivity contribution >= 4 is 17.5 Å². The normalized spacial score (nSPS) is 10.4. The Kier molecular flexibility index (Phi) is 5.39. The standard InChI is InChI=1S/C20H17ClN2O3/c1-26-18-11-15(21)8-7-14(18)12-22-19(24)16-9-10-17(23-20(16)25)13-5-3-2-4-6-13/h2-11H,12H2,1H3,(H,22,24)(H,23,25). The van der Waals surface area contributed by atoms with Gasteiger partial charge in [0.2, 0.25) is 0 Å². The van der Waals surface area contributed by atoms with Gasteiger partial charge in [0.25, 0.3) is 11.5 Å². The van der Waals surface area contributed by atoms with Gasteiger partial charge in [-0.3, -0.25) is 9.59 Å². The molecule has 0 saturated heterocycles. The minimum absolute atomic E-state index is 0.0533. The zero-order chi connectivity index (χ0) is 18.5. The van der Waals surface area contributed by atoms with E-state index in [4.69, 9.17) is 16.3 Å². The number of carbonyl (C=O) groups excluding carboxylic acids is 1. The smallest absolute Gasteiger partial charge is 0.261 e. The summed E-state index contributed by atoms with van der Waals surface area (Å²) >= 11 is 5.93. The lowest BCUT2D eigenvalue weighted by atomic mass is 10.1. The summed E-state index contributed by atoms with van der Waals surface area (Å²) in [6.45, 7) is 0.221. The molecule has 1 aromatic heterocycles. The zero-order valence-electron chi connectivity index (χ0n) is 14.1. The molecule has 0 saturated carbocycles. The molecule has 0 unspecified atom stereocenters. The number of pyridine rings is 1. The predicted octanol–water partition coefficient (Wildman–Crippen LogP) is 3.63. The van der Waals surface area contributed by atoms with Crippen molar-refractivity contribution in [1.29, 1.82) is 0 Å². The average Bonchev–Trinajstić information content (AvgIpc) is 2.67. The van der Waals surface area contributed by atoms with Crippen LogP contribution in [0.15, 0.2) is 65.5 Å². The summed E-state index contributed by atoms with van der Waals surface area (Å²) in [4.78, 5) is 27.4. The lowest BCUT2D eigenvalue weighted by Gasteiger charge is -2.10. The van der Waals surface area contributed by atoms with Gasteiger partial charge in [0.15, 0.2) is 0 Å². The highest BCUT2D eigenvalue weighted by Gasteiger charge is 2.12. The maximum atomic E-state index is 12.4. The number of benzene rings is 2. The molecule has 0 spiro atoms. The molecule has 5 nitrogen and oxygen atoms in total. The van der Waals surface area contributed by atoms with Crippen LogP contribution in [0.25, 0.3) is 11.3 Å². The van der Waals surface area contributed by atoms with E-state index >= 15 is 0 Å². The highest BCUT2D eigenvalue weighted by atomic mass is 35.5. The third-order valence-electron chi connectivity index (χ3n) is 3.93. The lowest BCUT2D eigenvalue weighted by Crippen LogP contribution is -2.29. The molecule has 3 rings (SSSR count). The number of nitrogens with one attached hydrogen (secondary N) is 2. The van der Waals surface area contributed by atoms with Crippen LogP contribution in [-0.2, 0) is 6.54 Å². The van der Waals surface area contributed by atoms with Crippen molar-refractivity contribution in [2.75, 3.05) is 7.11 Å². The summed E-state index contributed by atoms with van der Waals surface area (Å²) in [5.74, 6) is 0.119. The van der Waals surface area contributed by atoms with Gasteiger partial charge in [0, 0.05) is 22.8 Å². The van der Waals surface area contributed by atoms with Crippen molar-refractivity contribution in [2.45, 2.75) is 6.54 Å². The Morgan fingerprint density at radius 1 is 1.12 bits per heavy atom. The first-order valence-electron chi connectivity index (χ1n) is 7.98. The van der Waals surface area contributed by atoms with Crippen molar-refractivity contribution in [2.24, 2.45) is 0 Å². The second-order valence-corrected chi connectivity index (χ2v) is 6.06. The van der Waals surface area contributed by atoms with Gasteiger partial charge in [0.05, 0.1) is 7.11 Å². The summed E-state index contributed by atoms with van der Waals surface area (Å²) in [6, 6.07) is 17.8. The Bertz CT molecular complexity index is 984. The van der Waals surface area contributed by atoms with Crippen molar-refractivity contribution in [3.05, 3.63) is 87.2 Å². The fourth-order valence-corrected chi connectivity index (χ4v) is 2.74. The number of halogens is 1. The van der Waals surface area contributed by atoms with Crippen LogP contribution in [-0.4, -0.2) is 18.0 Å². The van der Waals surface area contributed by atoms with Crippen LogP contribution >= 0.6 is 11.6 Å². The number of hydrogen-bond donors (Lipinski definition) is 2.